The van der Waals surface area contributed by atoms with Crippen LogP contribution in [-0.4, -0.2) is 105 Å². The van der Waals surface area contributed by atoms with Crippen LogP contribution in [0, 0.1) is 5.92 Å². The first-order valence-electron chi connectivity index (χ1n) is 19.6. The van der Waals surface area contributed by atoms with E-state index in [0.29, 0.717) is 111 Å². The van der Waals surface area contributed by atoms with E-state index in [0.717, 1.165) is 24.0 Å². The number of nitrogens with zero attached hydrogens (tertiary/aromatic N) is 5. The molecular formula is C43H48ClN7O6. The monoisotopic (exact) mass is 793 g/mol. The molecule has 5 aromatic rings. The fraction of sp³-hybridized carbons (Fsp3) is 0.395. The van der Waals surface area contributed by atoms with E-state index in [9.17, 15) is 24.3 Å². The molecule has 0 bridgehead atoms. The molecule has 0 aliphatic carbocycles. The average Bonchev–Trinajstić information content (AvgIpc) is 3.23. The van der Waals surface area contributed by atoms with E-state index >= 15 is 0 Å². The Morgan fingerprint density at radius 1 is 0.912 bits per heavy atom. The van der Waals surface area contributed by atoms with E-state index in [2.05, 4.69) is 25.5 Å². The lowest BCUT2D eigenvalue weighted by molar-refractivity contribution is -0.140. The van der Waals surface area contributed by atoms with Gasteiger partial charge in [-0.1, -0.05) is 48.0 Å². The van der Waals surface area contributed by atoms with Gasteiger partial charge in [0.05, 0.1) is 53.1 Å². The van der Waals surface area contributed by atoms with Gasteiger partial charge in [0, 0.05) is 74.4 Å². The number of amides is 3. The molecule has 1 unspecified atom stereocenters. The van der Waals surface area contributed by atoms with Gasteiger partial charge in [-0.3, -0.25) is 33.6 Å². The Balaban J connectivity index is 0.926. The number of likely N-dealkylation sites (tertiary alicyclic amines) is 1. The summed E-state index contributed by atoms with van der Waals surface area (Å²) in [5, 5.41) is 19.3. The molecule has 4 heterocycles. The van der Waals surface area contributed by atoms with Crippen molar-refractivity contribution in [3.63, 3.8) is 0 Å². The normalized spacial score (nSPS) is 16.4. The topological polar surface area (TPSA) is 159 Å². The number of morpholine rings is 1. The fourth-order valence-corrected chi connectivity index (χ4v) is 7.87. The Bertz CT molecular complexity index is 2270. The molecule has 57 heavy (non-hydrogen) atoms. The third-order valence-corrected chi connectivity index (χ3v) is 11.3. The third-order valence-electron chi connectivity index (χ3n) is 11.0. The number of anilines is 1. The van der Waals surface area contributed by atoms with Crippen LogP contribution in [0.4, 0.5) is 5.69 Å². The van der Waals surface area contributed by atoms with Gasteiger partial charge in [-0.15, -0.1) is 0 Å². The smallest absolute Gasteiger partial charge is 0.261 e. The summed E-state index contributed by atoms with van der Waals surface area (Å²) < 4.78 is 6.79. The molecule has 2 aromatic heterocycles. The summed E-state index contributed by atoms with van der Waals surface area (Å²) in [7, 11) is 0. The van der Waals surface area contributed by atoms with Crippen molar-refractivity contribution in [3.05, 3.63) is 112 Å². The molecule has 0 spiro atoms. The summed E-state index contributed by atoms with van der Waals surface area (Å²) in [4.78, 5) is 65.9. The number of aromatic nitrogens is 3. The fourth-order valence-electron chi connectivity index (χ4n) is 7.65. The average molecular weight is 794 g/mol. The number of hydrogen-bond donors (Lipinski definition) is 3. The molecule has 2 fully saturated rings. The number of fused-ring (bicyclic) bond motifs is 2. The van der Waals surface area contributed by atoms with Crippen molar-refractivity contribution >= 4 is 56.8 Å². The van der Waals surface area contributed by atoms with Gasteiger partial charge in [-0.2, -0.15) is 0 Å². The van der Waals surface area contributed by atoms with Crippen molar-refractivity contribution in [1.29, 1.82) is 0 Å². The minimum absolute atomic E-state index is 0.0123. The van der Waals surface area contributed by atoms with E-state index in [4.69, 9.17) is 16.3 Å². The van der Waals surface area contributed by atoms with Crippen molar-refractivity contribution in [2.75, 3.05) is 57.8 Å². The number of ether oxygens (including phenoxy) is 1. The van der Waals surface area contributed by atoms with Gasteiger partial charge in [0.25, 0.3) is 11.5 Å². The molecule has 2 saturated heterocycles. The van der Waals surface area contributed by atoms with Crippen LogP contribution in [0.2, 0.25) is 5.02 Å². The van der Waals surface area contributed by atoms with Crippen molar-refractivity contribution < 1.29 is 24.2 Å². The van der Waals surface area contributed by atoms with Crippen LogP contribution in [0.25, 0.3) is 21.8 Å². The SMILES string of the molecule is O=C(CCN1CCOCC1)Nc1ccc2c(=O)n(CC3(O)CCN(C(=O)C(CCCNC(=O)c4ccc5c(Cl)ccnc5c4)Cc4ccccc4)CC3)cnc2c1. The lowest BCUT2D eigenvalue weighted by atomic mass is 9.88. The molecule has 0 radical (unpaired) electrons. The van der Waals surface area contributed by atoms with Crippen LogP contribution in [0.3, 0.4) is 0 Å². The molecule has 1 atom stereocenters. The highest BCUT2D eigenvalue weighted by atomic mass is 35.5. The largest absolute Gasteiger partial charge is 0.388 e. The Morgan fingerprint density at radius 3 is 2.46 bits per heavy atom. The molecule has 2 aliphatic rings. The summed E-state index contributed by atoms with van der Waals surface area (Å²) in [6, 6.07) is 21.9. The maximum Gasteiger partial charge on any atom is 0.261 e. The zero-order chi connectivity index (χ0) is 39.8. The summed E-state index contributed by atoms with van der Waals surface area (Å²) >= 11 is 6.26. The predicted octanol–water partition coefficient (Wildman–Crippen LogP) is 4.68. The first-order valence-corrected chi connectivity index (χ1v) is 20.0. The summed E-state index contributed by atoms with van der Waals surface area (Å²) in [6.07, 6.45) is 5.74. The number of rotatable bonds is 14. The highest BCUT2D eigenvalue weighted by Gasteiger charge is 2.36. The first-order chi connectivity index (χ1) is 27.6. The van der Waals surface area contributed by atoms with E-state index in [1.807, 2.05) is 35.2 Å². The number of pyridine rings is 1. The van der Waals surface area contributed by atoms with Gasteiger partial charge in [0.1, 0.15) is 0 Å². The number of halogens is 1. The maximum atomic E-state index is 14.0. The molecule has 298 valence electrons. The minimum Gasteiger partial charge on any atom is -0.388 e. The van der Waals surface area contributed by atoms with Crippen LogP contribution < -0.4 is 16.2 Å². The van der Waals surface area contributed by atoms with Crippen molar-refractivity contribution in [3.8, 4) is 0 Å². The number of piperidine rings is 1. The van der Waals surface area contributed by atoms with Gasteiger partial charge >= 0.3 is 0 Å². The van der Waals surface area contributed by atoms with Gasteiger partial charge in [-0.25, -0.2) is 4.98 Å². The zero-order valence-corrected chi connectivity index (χ0v) is 32.6. The Morgan fingerprint density at radius 2 is 1.67 bits per heavy atom. The second-order valence-electron chi connectivity index (χ2n) is 15.0. The van der Waals surface area contributed by atoms with Crippen LogP contribution >= 0.6 is 11.6 Å². The summed E-state index contributed by atoms with van der Waals surface area (Å²) in [5.74, 6) is -0.629. The number of nitrogens with one attached hydrogen (secondary N) is 2. The van der Waals surface area contributed by atoms with E-state index in [1.165, 1.54) is 10.9 Å². The van der Waals surface area contributed by atoms with E-state index in [1.54, 1.807) is 48.7 Å². The zero-order valence-electron chi connectivity index (χ0n) is 31.9. The Labute approximate surface area is 336 Å². The molecule has 3 aromatic carbocycles. The molecule has 3 N–H and O–H groups in total. The highest BCUT2D eigenvalue weighted by Crippen LogP contribution is 2.27. The first kappa shape index (κ1) is 40.0. The minimum atomic E-state index is -1.20. The lowest BCUT2D eigenvalue weighted by Gasteiger charge is -2.39. The van der Waals surface area contributed by atoms with Gasteiger partial charge in [0.2, 0.25) is 11.8 Å². The second-order valence-corrected chi connectivity index (χ2v) is 15.4. The van der Waals surface area contributed by atoms with E-state index in [-0.39, 0.29) is 35.7 Å². The second kappa shape index (κ2) is 18.4. The third kappa shape index (κ3) is 10.2. The van der Waals surface area contributed by atoms with Gasteiger partial charge in [-0.05, 0) is 74.1 Å². The molecule has 2 aliphatic heterocycles. The predicted molar refractivity (Wildman–Crippen MR) is 219 cm³/mol. The number of carbonyl (C=O) groups is 3. The number of carbonyl (C=O) groups excluding carboxylic acids is 3. The summed E-state index contributed by atoms with van der Waals surface area (Å²) in [6.45, 7) is 4.78. The van der Waals surface area contributed by atoms with Crippen LogP contribution in [0.15, 0.2) is 90.1 Å². The van der Waals surface area contributed by atoms with Gasteiger partial charge in [0.15, 0.2) is 0 Å². The molecule has 14 heteroatoms. The highest BCUT2D eigenvalue weighted by molar-refractivity contribution is 6.35. The standard InChI is InChI=1S/C43H48ClN7O6/c44-36-12-17-45-37-26-31(8-10-34(36)37)40(53)46-16-4-7-32(25-30-5-2-1-3-6-30)41(54)50-19-14-43(56,15-20-50)28-51-29-47-38-27-33(9-11-35(38)42(51)55)48-39(52)13-18-49-21-23-57-24-22-49/h1-3,5-6,8-12,17,26-27,29,32,56H,4,7,13-16,18-25,28H2,(H,46,53)(H,48,52). The van der Waals surface area contributed by atoms with Crippen LogP contribution in [0.5, 0.6) is 0 Å². The van der Waals surface area contributed by atoms with Crippen molar-refractivity contribution in [1.82, 2.24) is 29.7 Å². The van der Waals surface area contributed by atoms with Crippen molar-refractivity contribution in [2.24, 2.45) is 5.92 Å². The number of benzene rings is 3. The number of aliphatic hydroxyl groups is 1. The van der Waals surface area contributed by atoms with Gasteiger partial charge < -0.3 is 25.4 Å². The van der Waals surface area contributed by atoms with Crippen LogP contribution in [0.1, 0.15) is 48.0 Å². The quantitative estimate of drug-likeness (QED) is 0.136. The van der Waals surface area contributed by atoms with Crippen LogP contribution in [-0.2, 0) is 27.3 Å². The Hall–Kier alpha value is -5.21. The van der Waals surface area contributed by atoms with Crippen molar-refractivity contribution in [2.45, 2.75) is 50.7 Å². The molecule has 7 rings (SSSR count). The summed E-state index contributed by atoms with van der Waals surface area (Å²) in [5.41, 5.74) is 1.72. The lowest BCUT2D eigenvalue weighted by Crippen LogP contribution is -2.51. The van der Waals surface area contributed by atoms with E-state index < -0.39 is 5.60 Å². The Kier molecular flexibility index (Phi) is 12.9. The maximum absolute atomic E-state index is 14.0. The number of hydrogen-bond acceptors (Lipinski definition) is 9. The molecular weight excluding hydrogens is 746 g/mol. The molecule has 13 nitrogen and oxygen atoms in total. The molecule has 3 amide bonds. The molecule has 0 saturated carbocycles.